The molecule has 4 heteroatoms. The van der Waals surface area contributed by atoms with Crippen LogP contribution in [0.15, 0.2) is 24.3 Å². The predicted molar refractivity (Wildman–Crippen MR) is 71.9 cm³/mol. The van der Waals surface area contributed by atoms with Crippen LogP contribution in [0, 0.1) is 5.92 Å². The molecule has 0 amide bonds. The summed E-state index contributed by atoms with van der Waals surface area (Å²) < 4.78 is 37.6. The lowest BCUT2D eigenvalue weighted by Crippen LogP contribution is -2.26. The summed E-state index contributed by atoms with van der Waals surface area (Å²) in [6.07, 6.45) is -2.14. The van der Waals surface area contributed by atoms with Crippen LogP contribution in [-0.2, 0) is 6.18 Å². The minimum absolute atomic E-state index is 0.118. The van der Waals surface area contributed by atoms with Crippen LogP contribution in [-0.4, -0.2) is 6.54 Å². The van der Waals surface area contributed by atoms with E-state index in [1.165, 1.54) is 12.1 Å². The van der Waals surface area contributed by atoms with Crippen molar-refractivity contribution in [2.45, 2.75) is 45.8 Å². The molecule has 0 aromatic heterocycles. The molecule has 1 N–H and O–H groups in total. The molecule has 2 atom stereocenters. The third-order valence-electron chi connectivity index (χ3n) is 3.33. The van der Waals surface area contributed by atoms with Gasteiger partial charge in [0.25, 0.3) is 0 Å². The summed E-state index contributed by atoms with van der Waals surface area (Å²) in [6, 6.07) is 5.62. The Morgan fingerprint density at radius 1 is 1.11 bits per heavy atom. The largest absolute Gasteiger partial charge is 0.416 e. The van der Waals surface area contributed by atoms with E-state index >= 15 is 0 Å². The summed E-state index contributed by atoms with van der Waals surface area (Å²) in [5.41, 5.74) is 0.338. The topological polar surface area (TPSA) is 12.0 Å². The van der Waals surface area contributed by atoms with Gasteiger partial charge in [0.2, 0.25) is 0 Å². The van der Waals surface area contributed by atoms with Gasteiger partial charge in [-0.2, -0.15) is 13.2 Å². The molecule has 0 radical (unpaired) electrons. The van der Waals surface area contributed by atoms with Gasteiger partial charge in [-0.15, -0.1) is 0 Å². The summed E-state index contributed by atoms with van der Waals surface area (Å²) in [7, 11) is 0. The van der Waals surface area contributed by atoms with Gasteiger partial charge in [0.05, 0.1) is 5.56 Å². The molecule has 0 saturated carbocycles. The van der Waals surface area contributed by atoms with E-state index in [4.69, 9.17) is 0 Å². The second kappa shape index (κ2) is 6.94. The van der Waals surface area contributed by atoms with Crippen molar-refractivity contribution in [2.24, 2.45) is 5.92 Å². The molecule has 108 valence electrons. The molecular weight excluding hydrogens is 251 g/mol. The summed E-state index contributed by atoms with van der Waals surface area (Å²) in [4.78, 5) is 0. The number of alkyl halides is 3. The summed E-state index contributed by atoms with van der Waals surface area (Å²) >= 11 is 0. The van der Waals surface area contributed by atoms with Crippen molar-refractivity contribution >= 4 is 0 Å². The van der Waals surface area contributed by atoms with Gasteiger partial charge in [-0.05, 0) is 36.6 Å². The third kappa shape index (κ3) is 4.53. The van der Waals surface area contributed by atoms with Crippen LogP contribution in [0.5, 0.6) is 0 Å². The maximum Gasteiger partial charge on any atom is 0.416 e. The number of halogens is 3. The molecule has 0 aliphatic carbocycles. The van der Waals surface area contributed by atoms with Crippen LogP contribution in [0.25, 0.3) is 0 Å². The van der Waals surface area contributed by atoms with Crippen molar-refractivity contribution in [2.75, 3.05) is 6.54 Å². The Labute approximate surface area is 113 Å². The summed E-state index contributed by atoms with van der Waals surface area (Å²) in [5.74, 6) is 0.404. The van der Waals surface area contributed by atoms with Gasteiger partial charge >= 0.3 is 6.18 Å². The molecule has 0 aliphatic rings. The van der Waals surface area contributed by atoms with Crippen LogP contribution >= 0.6 is 0 Å². The highest BCUT2D eigenvalue weighted by Crippen LogP contribution is 2.31. The molecule has 0 fully saturated rings. The first-order chi connectivity index (χ1) is 8.90. The number of benzene rings is 1. The second-order valence-corrected chi connectivity index (χ2v) is 4.92. The third-order valence-corrected chi connectivity index (χ3v) is 3.33. The highest BCUT2D eigenvalue weighted by Gasteiger charge is 2.30. The lowest BCUT2D eigenvalue weighted by molar-refractivity contribution is -0.137. The molecule has 0 saturated heterocycles. The fourth-order valence-corrected chi connectivity index (χ4v) is 2.37. The van der Waals surface area contributed by atoms with Crippen LogP contribution < -0.4 is 5.32 Å². The second-order valence-electron chi connectivity index (χ2n) is 4.92. The lowest BCUT2D eigenvalue weighted by Gasteiger charge is -2.25. The molecular formula is C15H22F3N. The van der Waals surface area contributed by atoms with E-state index < -0.39 is 11.7 Å². The Morgan fingerprint density at radius 3 is 2.11 bits per heavy atom. The predicted octanol–water partition coefficient (Wildman–Crippen LogP) is 4.79. The SMILES string of the molecule is CCCC(C)C(NCC)c1ccc(C(F)(F)F)cc1. The van der Waals surface area contributed by atoms with Crippen molar-refractivity contribution in [3.05, 3.63) is 35.4 Å². The molecule has 0 heterocycles. The van der Waals surface area contributed by atoms with E-state index in [1.807, 2.05) is 6.92 Å². The van der Waals surface area contributed by atoms with E-state index in [1.54, 1.807) is 12.1 Å². The van der Waals surface area contributed by atoms with Crippen molar-refractivity contribution < 1.29 is 13.2 Å². The minimum Gasteiger partial charge on any atom is -0.310 e. The first-order valence-corrected chi connectivity index (χ1v) is 6.80. The molecule has 2 unspecified atom stereocenters. The Hall–Kier alpha value is -1.03. The molecule has 1 aromatic carbocycles. The smallest absolute Gasteiger partial charge is 0.310 e. The van der Waals surface area contributed by atoms with Crippen LogP contribution in [0.1, 0.15) is 50.8 Å². The number of hydrogen-bond acceptors (Lipinski definition) is 1. The van der Waals surface area contributed by atoms with E-state index in [9.17, 15) is 13.2 Å². The summed E-state index contributed by atoms with van der Waals surface area (Å²) in [5, 5.41) is 3.36. The Balaban J connectivity index is 2.91. The van der Waals surface area contributed by atoms with E-state index in [0.29, 0.717) is 5.92 Å². The van der Waals surface area contributed by atoms with E-state index in [-0.39, 0.29) is 6.04 Å². The quantitative estimate of drug-likeness (QED) is 0.785. The highest BCUT2D eigenvalue weighted by molar-refractivity contribution is 5.27. The zero-order valence-electron chi connectivity index (χ0n) is 11.7. The standard InChI is InChI=1S/C15H22F3N/c1-4-6-11(3)14(19-5-2)12-7-9-13(10-8-12)15(16,17)18/h7-11,14,19H,4-6H2,1-3H3. The average molecular weight is 273 g/mol. The van der Waals surface area contributed by atoms with Crippen molar-refractivity contribution in [1.82, 2.24) is 5.32 Å². The fraction of sp³-hybridized carbons (Fsp3) is 0.600. The molecule has 1 nitrogen and oxygen atoms in total. The molecule has 0 spiro atoms. The van der Waals surface area contributed by atoms with Gasteiger partial charge in [0, 0.05) is 6.04 Å². The fourth-order valence-electron chi connectivity index (χ4n) is 2.37. The molecule has 0 aliphatic heterocycles. The lowest BCUT2D eigenvalue weighted by atomic mass is 9.90. The van der Waals surface area contributed by atoms with Gasteiger partial charge in [-0.3, -0.25) is 0 Å². The first kappa shape index (κ1) is 16.0. The average Bonchev–Trinajstić information content (AvgIpc) is 2.35. The molecule has 1 aromatic rings. The van der Waals surface area contributed by atoms with Gasteiger partial charge in [0.15, 0.2) is 0 Å². The Kier molecular flexibility index (Phi) is 5.85. The zero-order valence-corrected chi connectivity index (χ0v) is 11.7. The minimum atomic E-state index is -4.26. The van der Waals surface area contributed by atoms with Gasteiger partial charge in [-0.1, -0.05) is 39.3 Å². The monoisotopic (exact) mass is 273 g/mol. The van der Waals surface area contributed by atoms with Gasteiger partial charge in [-0.25, -0.2) is 0 Å². The normalized spacial score (nSPS) is 15.3. The first-order valence-electron chi connectivity index (χ1n) is 6.80. The number of hydrogen-bond donors (Lipinski definition) is 1. The maximum absolute atomic E-state index is 12.5. The van der Waals surface area contributed by atoms with Gasteiger partial charge in [0.1, 0.15) is 0 Å². The Morgan fingerprint density at radius 2 is 1.68 bits per heavy atom. The number of nitrogens with one attached hydrogen (secondary N) is 1. The summed E-state index contributed by atoms with van der Waals surface area (Å²) in [6.45, 7) is 7.07. The van der Waals surface area contributed by atoms with E-state index in [2.05, 4.69) is 19.2 Å². The number of rotatable bonds is 6. The molecule has 19 heavy (non-hydrogen) atoms. The van der Waals surface area contributed by atoms with Crippen molar-refractivity contribution in [3.63, 3.8) is 0 Å². The molecule has 0 bridgehead atoms. The van der Waals surface area contributed by atoms with Crippen LogP contribution in [0.4, 0.5) is 13.2 Å². The van der Waals surface area contributed by atoms with Crippen LogP contribution in [0.3, 0.4) is 0 Å². The van der Waals surface area contributed by atoms with Crippen molar-refractivity contribution in [3.8, 4) is 0 Å². The maximum atomic E-state index is 12.5. The van der Waals surface area contributed by atoms with Crippen LogP contribution in [0.2, 0.25) is 0 Å². The van der Waals surface area contributed by atoms with E-state index in [0.717, 1.165) is 24.9 Å². The highest BCUT2D eigenvalue weighted by atomic mass is 19.4. The molecule has 1 rings (SSSR count). The zero-order chi connectivity index (χ0) is 14.5. The van der Waals surface area contributed by atoms with Gasteiger partial charge < -0.3 is 5.32 Å². The van der Waals surface area contributed by atoms with Crippen molar-refractivity contribution in [1.29, 1.82) is 0 Å². The Bertz CT molecular complexity index is 370.